The Morgan fingerprint density at radius 1 is 1.00 bits per heavy atom. The number of fused-ring (bicyclic) bond motifs is 1. The topological polar surface area (TPSA) is 140 Å². The predicted molar refractivity (Wildman–Crippen MR) is 121 cm³/mol. The van der Waals surface area contributed by atoms with Crippen LogP contribution in [-0.2, 0) is 14.4 Å². The first kappa shape index (κ1) is 29.7. The van der Waals surface area contributed by atoms with Crippen molar-refractivity contribution in [3.63, 3.8) is 0 Å². The molecule has 0 bridgehead atoms. The number of amides is 1. The van der Waals surface area contributed by atoms with Gasteiger partial charge in [0.25, 0.3) is 5.91 Å². The number of carboxylic acids is 1. The number of hydroxylamine groups is 2. The minimum Gasteiger partial charge on any atom is -0.550 e. The molecule has 0 aromatic heterocycles. The number of carboxylic acid groups (broad SMARTS) is 1. The van der Waals surface area contributed by atoms with Gasteiger partial charge in [0, 0.05) is 18.1 Å². The fourth-order valence-electron chi connectivity index (χ4n) is 4.05. The third-order valence-corrected chi connectivity index (χ3v) is 6.05. The Morgan fingerprint density at radius 2 is 1.71 bits per heavy atom. The zero-order chi connectivity index (χ0) is 24.7. The Hall–Kier alpha value is -1.56. The average molecular weight is 498 g/mol. The van der Waals surface area contributed by atoms with E-state index < -0.39 is 36.5 Å². The SMILES string of the molecule is C[C@@H]1O[C@@H](CCCN(OCCCCC(=O)[O-])C(=O)c2ccc3ccccc3c2)[C@@H](O)[C@H](O)[C@@H]1O.[Na+]. The van der Waals surface area contributed by atoms with E-state index in [-0.39, 0.29) is 55.0 Å². The second kappa shape index (κ2) is 14.2. The van der Waals surface area contributed by atoms with Crippen LogP contribution in [0.2, 0.25) is 0 Å². The summed E-state index contributed by atoms with van der Waals surface area (Å²) in [5.41, 5.74) is 0.453. The summed E-state index contributed by atoms with van der Waals surface area (Å²) < 4.78 is 5.63. The molecule has 10 heteroatoms. The van der Waals surface area contributed by atoms with E-state index in [9.17, 15) is 30.0 Å². The van der Waals surface area contributed by atoms with Gasteiger partial charge in [0.1, 0.15) is 18.3 Å². The number of rotatable bonds is 11. The van der Waals surface area contributed by atoms with E-state index in [1.54, 1.807) is 19.1 Å². The molecule has 9 nitrogen and oxygen atoms in total. The van der Waals surface area contributed by atoms with Gasteiger partial charge in [-0.05, 0) is 61.9 Å². The number of hydrogen-bond donors (Lipinski definition) is 3. The van der Waals surface area contributed by atoms with Gasteiger partial charge in [0.05, 0.1) is 18.8 Å². The minimum atomic E-state index is -1.30. The molecule has 0 radical (unpaired) electrons. The van der Waals surface area contributed by atoms with Crippen LogP contribution in [0.25, 0.3) is 10.8 Å². The summed E-state index contributed by atoms with van der Waals surface area (Å²) in [6.45, 7) is 1.99. The summed E-state index contributed by atoms with van der Waals surface area (Å²) in [4.78, 5) is 29.5. The van der Waals surface area contributed by atoms with E-state index in [4.69, 9.17) is 9.57 Å². The summed E-state index contributed by atoms with van der Waals surface area (Å²) in [6.07, 6.45) is -3.52. The Kier molecular flexibility index (Phi) is 12.1. The molecule has 186 valence electrons. The van der Waals surface area contributed by atoms with Crippen LogP contribution in [0.15, 0.2) is 42.5 Å². The van der Waals surface area contributed by atoms with Crippen LogP contribution in [0.5, 0.6) is 0 Å². The fourth-order valence-corrected chi connectivity index (χ4v) is 4.05. The van der Waals surface area contributed by atoms with Gasteiger partial charge in [-0.15, -0.1) is 0 Å². The Morgan fingerprint density at radius 3 is 2.43 bits per heavy atom. The first-order valence-electron chi connectivity index (χ1n) is 11.6. The Labute approximate surface area is 226 Å². The molecule has 2 aromatic carbocycles. The van der Waals surface area contributed by atoms with Crippen molar-refractivity contribution in [1.82, 2.24) is 5.06 Å². The maximum Gasteiger partial charge on any atom is 1.00 e. The van der Waals surface area contributed by atoms with E-state index in [1.165, 1.54) is 5.06 Å². The number of aliphatic hydroxyl groups is 3. The van der Waals surface area contributed by atoms with Crippen molar-refractivity contribution in [1.29, 1.82) is 0 Å². The van der Waals surface area contributed by atoms with E-state index >= 15 is 0 Å². The first-order chi connectivity index (χ1) is 16.3. The normalized spacial score (nSPS) is 24.1. The monoisotopic (exact) mass is 497 g/mol. The van der Waals surface area contributed by atoms with E-state index in [0.717, 1.165) is 10.8 Å². The number of aliphatic carboxylic acids is 1. The van der Waals surface area contributed by atoms with Crippen LogP contribution >= 0.6 is 0 Å². The molecule has 0 unspecified atom stereocenters. The van der Waals surface area contributed by atoms with Gasteiger partial charge in [-0.25, -0.2) is 5.06 Å². The summed E-state index contributed by atoms with van der Waals surface area (Å²) in [6, 6.07) is 13.1. The zero-order valence-electron chi connectivity index (χ0n) is 20.2. The second-order valence-corrected chi connectivity index (χ2v) is 8.63. The Bertz CT molecular complexity index is 973. The molecule has 3 rings (SSSR count). The molecule has 1 amide bonds. The van der Waals surface area contributed by atoms with Gasteiger partial charge in [-0.1, -0.05) is 30.3 Å². The first-order valence-corrected chi connectivity index (χ1v) is 11.6. The third-order valence-electron chi connectivity index (χ3n) is 6.05. The van der Waals surface area contributed by atoms with Crippen molar-refractivity contribution >= 4 is 22.6 Å². The fraction of sp³-hybridized carbons (Fsp3) is 0.520. The number of carbonyl (C=O) groups is 2. The molecule has 5 atom stereocenters. The molecule has 1 aliphatic rings. The number of nitrogens with zero attached hydrogens (tertiary/aromatic N) is 1. The largest absolute Gasteiger partial charge is 1.00 e. The maximum atomic E-state index is 13.2. The van der Waals surface area contributed by atoms with Gasteiger partial charge in [0.2, 0.25) is 0 Å². The van der Waals surface area contributed by atoms with Crippen molar-refractivity contribution in [3.8, 4) is 0 Å². The number of unbranched alkanes of at least 4 members (excludes halogenated alkanes) is 1. The number of hydrogen-bond acceptors (Lipinski definition) is 8. The third kappa shape index (κ3) is 8.23. The molecule has 1 heterocycles. The van der Waals surface area contributed by atoms with Gasteiger partial charge >= 0.3 is 29.6 Å². The number of ether oxygens (including phenoxy) is 1. The smallest absolute Gasteiger partial charge is 0.550 e. The Balaban J connectivity index is 0.00000432. The quantitative estimate of drug-likeness (QED) is 0.180. The molecule has 1 saturated heterocycles. The van der Waals surface area contributed by atoms with Crippen molar-refractivity contribution in [2.24, 2.45) is 0 Å². The number of carbonyl (C=O) groups excluding carboxylic acids is 2. The van der Waals surface area contributed by atoms with Crippen LogP contribution in [0, 0.1) is 0 Å². The predicted octanol–water partition coefficient (Wildman–Crippen LogP) is -2.21. The summed E-state index contributed by atoms with van der Waals surface area (Å²) in [7, 11) is 0. The van der Waals surface area contributed by atoms with Crippen molar-refractivity contribution in [3.05, 3.63) is 48.0 Å². The number of aliphatic hydroxyl groups excluding tert-OH is 3. The molecular formula is C25H32NNaO8. The van der Waals surface area contributed by atoms with E-state index in [2.05, 4.69) is 0 Å². The van der Waals surface area contributed by atoms with Crippen LogP contribution in [-0.4, -0.2) is 75.9 Å². The second-order valence-electron chi connectivity index (χ2n) is 8.63. The molecule has 1 fully saturated rings. The molecule has 2 aromatic rings. The molecule has 1 aliphatic heterocycles. The van der Waals surface area contributed by atoms with E-state index in [0.29, 0.717) is 31.2 Å². The standard InChI is InChI=1S/C25H33NO8.Na/c1-16-22(29)24(31)23(30)20(34-16)9-6-13-26(33-14-5-4-10-21(27)28)25(32)19-12-11-17-7-2-3-8-18(17)15-19;/h2-3,7-8,11-12,15-16,20,22-24,29-31H,4-6,9-10,13-14H2,1H3,(H,27,28);/q;+1/p-1/t16-,20-,22+,23+,24+;/m0./s1. The minimum absolute atomic E-state index is 0. The van der Waals surface area contributed by atoms with Gasteiger partial charge in [-0.3, -0.25) is 9.63 Å². The van der Waals surface area contributed by atoms with Gasteiger partial charge in [0.15, 0.2) is 0 Å². The number of benzene rings is 2. The van der Waals surface area contributed by atoms with Crippen LogP contribution < -0.4 is 34.7 Å². The molecule has 0 spiro atoms. The molecule has 35 heavy (non-hydrogen) atoms. The van der Waals surface area contributed by atoms with Gasteiger partial charge in [-0.2, -0.15) is 0 Å². The van der Waals surface area contributed by atoms with Crippen LogP contribution in [0.3, 0.4) is 0 Å². The average Bonchev–Trinajstić information content (AvgIpc) is 2.83. The van der Waals surface area contributed by atoms with Crippen LogP contribution in [0.4, 0.5) is 0 Å². The van der Waals surface area contributed by atoms with Crippen molar-refractivity contribution < 1.29 is 69.1 Å². The molecular weight excluding hydrogens is 465 g/mol. The molecule has 3 N–H and O–H groups in total. The summed E-state index contributed by atoms with van der Waals surface area (Å²) >= 11 is 0. The van der Waals surface area contributed by atoms with Crippen molar-refractivity contribution in [2.75, 3.05) is 13.2 Å². The molecule has 0 aliphatic carbocycles. The summed E-state index contributed by atoms with van der Waals surface area (Å²) in [5, 5.41) is 43.8. The van der Waals surface area contributed by atoms with Gasteiger partial charge < -0.3 is 30.0 Å². The van der Waals surface area contributed by atoms with Crippen LogP contribution in [0.1, 0.15) is 49.4 Å². The van der Waals surface area contributed by atoms with Crippen molar-refractivity contribution in [2.45, 2.75) is 69.5 Å². The summed E-state index contributed by atoms with van der Waals surface area (Å²) in [5.74, 6) is -1.46. The van der Waals surface area contributed by atoms with E-state index in [1.807, 2.05) is 30.3 Å². The maximum absolute atomic E-state index is 13.2. The molecule has 0 saturated carbocycles. The zero-order valence-corrected chi connectivity index (χ0v) is 22.2.